The first-order chi connectivity index (χ1) is 8.65. The Morgan fingerprint density at radius 3 is 2.61 bits per heavy atom. The Hall–Kier alpha value is 0.140. The Morgan fingerprint density at radius 1 is 1.28 bits per heavy atom. The lowest BCUT2D eigenvalue weighted by Gasteiger charge is -2.35. The topological polar surface area (TPSA) is 9.23 Å². The summed E-state index contributed by atoms with van der Waals surface area (Å²) in [5.74, 6) is 1.77. The molecule has 1 saturated carbocycles. The maximum Gasteiger partial charge on any atom is 0.133 e. The second-order valence-corrected chi connectivity index (χ2v) is 6.69. The van der Waals surface area contributed by atoms with Gasteiger partial charge in [0, 0.05) is 10.4 Å². The summed E-state index contributed by atoms with van der Waals surface area (Å²) in [6.45, 7) is 0.747. The summed E-state index contributed by atoms with van der Waals surface area (Å²) in [5.41, 5.74) is 0.250. The lowest BCUT2D eigenvalue weighted by Crippen LogP contribution is -2.33. The van der Waals surface area contributed by atoms with E-state index >= 15 is 0 Å². The highest BCUT2D eigenvalue weighted by Crippen LogP contribution is 2.38. The van der Waals surface area contributed by atoms with Gasteiger partial charge in [-0.05, 0) is 52.7 Å². The van der Waals surface area contributed by atoms with Crippen LogP contribution in [0.15, 0.2) is 22.7 Å². The third-order valence-corrected chi connectivity index (χ3v) is 5.20. The van der Waals surface area contributed by atoms with E-state index in [9.17, 15) is 0 Å². The van der Waals surface area contributed by atoms with E-state index in [0.717, 1.165) is 27.6 Å². The molecule has 0 amide bonds. The molecule has 1 nitrogen and oxygen atoms in total. The van der Waals surface area contributed by atoms with Crippen molar-refractivity contribution in [3.05, 3.63) is 27.7 Å². The summed E-state index contributed by atoms with van der Waals surface area (Å²) in [5, 5.41) is 0.718. The molecule has 0 spiro atoms. The van der Waals surface area contributed by atoms with Gasteiger partial charge in [0.1, 0.15) is 5.75 Å². The normalized spacial score (nSPS) is 18.6. The molecule has 2 rings (SSSR count). The largest absolute Gasteiger partial charge is 0.492 e. The molecule has 1 aliphatic carbocycles. The van der Waals surface area contributed by atoms with Crippen LogP contribution in [0.5, 0.6) is 5.75 Å². The zero-order valence-electron chi connectivity index (χ0n) is 10.3. The van der Waals surface area contributed by atoms with Crippen LogP contribution in [-0.4, -0.2) is 12.4 Å². The first-order valence-electron chi connectivity index (χ1n) is 6.34. The van der Waals surface area contributed by atoms with Gasteiger partial charge in [0.05, 0.1) is 11.1 Å². The van der Waals surface area contributed by atoms with Crippen LogP contribution in [0.1, 0.15) is 32.1 Å². The zero-order chi connectivity index (χ0) is 13.0. The van der Waals surface area contributed by atoms with Crippen LogP contribution in [0.3, 0.4) is 0 Å². The van der Waals surface area contributed by atoms with Gasteiger partial charge < -0.3 is 4.74 Å². The Labute approximate surface area is 128 Å². The Balaban J connectivity index is 2.01. The molecule has 0 N–H and O–H groups in total. The maximum atomic E-state index is 5.97. The number of benzene rings is 1. The monoisotopic (exact) mass is 348 g/mol. The molecule has 0 atom stereocenters. The average molecular weight is 350 g/mol. The van der Waals surface area contributed by atoms with Crippen molar-refractivity contribution in [2.24, 2.45) is 5.41 Å². The molecule has 1 aliphatic rings. The van der Waals surface area contributed by atoms with E-state index in [1.54, 1.807) is 0 Å². The molecule has 0 aromatic heterocycles. The van der Waals surface area contributed by atoms with Gasteiger partial charge in [0.25, 0.3) is 0 Å². The van der Waals surface area contributed by atoms with Gasteiger partial charge in [-0.25, -0.2) is 0 Å². The van der Waals surface area contributed by atoms with E-state index in [1.807, 2.05) is 18.2 Å². The molecule has 0 saturated heterocycles. The highest BCUT2D eigenvalue weighted by Gasteiger charge is 2.31. The number of hydrogen-bond donors (Lipinski definition) is 1. The first-order valence-corrected chi connectivity index (χ1v) is 8.14. The Bertz CT molecular complexity index is 405. The maximum absolute atomic E-state index is 5.97. The van der Waals surface area contributed by atoms with Crippen LogP contribution in [-0.2, 0) is 0 Å². The minimum absolute atomic E-state index is 0.250. The van der Waals surface area contributed by atoms with E-state index < -0.39 is 0 Å². The summed E-state index contributed by atoms with van der Waals surface area (Å²) in [6, 6.07) is 5.64. The van der Waals surface area contributed by atoms with Crippen molar-refractivity contribution >= 4 is 40.2 Å². The van der Waals surface area contributed by atoms with Crippen LogP contribution >= 0.6 is 40.2 Å². The standard InChI is InChI=1S/C14H18BrClOS/c15-12-8-11(16)4-5-13(12)17-9-14(10-18)6-2-1-3-7-14/h4-5,8,18H,1-3,6-7,9-10H2. The van der Waals surface area contributed by atoms with Gasteiger partial charge in [-0.15, -0.1) is 0 Å². The molecule has 1 fully saturated rings. The molecule has 1 aromatic rings. The average Bonchev–Trinajstić information content (AvgIpc) is 2.39. The smallest absolute Gasteiger partial charge is 0.133 e. The summed E-state index contributed by atoms with van der Waals surface area (Å²) in [6.07, 6.45) is 6.39. The van der Waals surface area contributed by atoms with Crippen molar-refractivity contribution in [3.8, 4) is 5.75 Å². The van der Waals surface area contributed by atoms with Crippen molar-refractivity contribution in [2.45, 2.75) is 32.1 Å². The van der Waals surface area contributed by atoms with E-state index in [0.29, 0.717) is 0 Å². The third kappa shape index (κ3) is 3.58. The Morgan fingerprint density at radius 2 is 2.00 bits per heavy atom. The highest BCUT2D eigenvalue weighted by atomic mass is 79.9. The fourth-order valence-corrected chi connectivity index (χ4v) is 3.68. The minimum atomic E-state index is 0.250. The molecular weight excluding hydrogens is 332 g/mol. The SMILES string of the molecule is SCC1(COc2ccc(Cl)cc2Br)CCCCC1. The van der Waals surface area contributed by atoms with Crippen LogP contribution in [0.25, 0.3) is 0 Å². The number of thiol groups is 1. The molecular formula is C14H18BrClOS. The van der Waals surface area contributed by atoms with Crippen LogP contribution in [0.2, 0.25) is 5.02 Å². The first kappa shape index (κ1) is 14.5. The van der Waals surface area contributed by atoms with E-state index in [1.165, 1.54) is 32.1 Å². The summed E-state index contributed by atoms with van der Waals surface area (Å²) < 4.78 is 6.89. The lowest BCUT2D eigenvalue weighted by atomic mass is 9.76. The van der Waals surface area contributed by atoms with Gasteiger partial charge >= 0.3 is 0 Å². The molecule has 0 heterocycles. The molecule has 18 heavy (non-hydrogen) atoms. The molecule has 100 valence electrons. The van der Waals surface area contributed by atoms with Crippen LogP contribution in [0, 0.1) is 5.41 Å². The highest BCUT2D eigenvalue weighted by molar-refractivity contribution is 9.10. The quantitative estimate of drug-likeness (QED) is 0.720. The van der Waals surface area contributed by atoms with E-state index in [4.69, 9.17) is 16.3 Å². The van der Waals surface area contributed by atoms with Gasteiger partial charge in [-0.1, -0.05) is 30.9 Å². The van der Waals surface area contributed by atoms with E-state index in [2.05, 4.69) is 28.6 Å². The number of rotatable bonds is 4. The van der Waals surface area contributed by atoms with E-state index in [-0.39, 0.29) is 5.41 Å². The zero-order valence-corrected chi connectivity index (χ0v) is 13.5. The molecule has 0 aliphatic heterocycles. The summed E-state index contributed by atoms with van der Waals surface area (Å²) in [4.78, 5) is 0. The van der Waals surface area contributed by atoms with Crippen LogP contribution < -0.4 is 4.74 Å². The predicted octanol–water partition coefficient (Wildman–Crippen LogP) is 5.36. The van der Waals surface area contributed by atoms with Gasteiger partial charge in [0.15, 0.2) is 0 Å². The Kier molecular flexibility index (Phi) is 5.28. The predicted molar refractivity (Wildman–Crippen MR) is 84.0 cm³/mol. The fraction of sp³-hybridized carbons (Fsp3) is 0.571. The number of ether oxygens (including phenoxy) is 1. The van der Waals surface area contributed by atoms with Gasteiger partial charge in [-0.3, -0.25) is 0 Å². The molecule has 4 heteroatoms. The third-order valence-electron chi connectivity index (χ3n) is 3.68. The molecule has 0 unspecified atom stereocenters. The lowest BCUT2D eigenvalue weighted by molar-refractivity contribution is 0.120. The van der Waals surface area contributed by atoms with Crippen molar-refractivity contribution in [2.75, 3.05) is 12.4 Å². The summed E-state index contributed by atoms with van der Waals surface area (Å²) >= 11 is 13.9. The minimum Gasteiger partial charge on any atom is -0.492 e. The number of halogens is 2. The molecule has 1 aromatic carbocycles. The fourth-order valence-electron chi connectivity index (χ4n) is 2.47. The second kappa shape index (κ2) is 6.53. The summed E-state index contributed by atoms with van der Waals surface area (Å²) in [7, 11) is 0. The van der Waals surface area contributed by atoms with Crippen molar-refractivity contribution < 1.29 is 4.74 Å². The van der Waals surface area contributed by atoms with Crippen LogP contribution in [0.4, 0.5) is 0 Å². The van der Waals surface area contributed by atoms with Crippen molar-refractivity contribution in [1.29, 1.82) is 0 Å². The van der Waals surface area contributed by atoms with Gasteiger partial charge in [0.2, 0.25) is 0 Å². The van der Waals surface area contributed by atoms with Gasteiger partial charge in [-0.2, -0.15) is 12.6 Å². The van der Waals surface area contributed by atoms with Crippen molar-refractivity contribution in [3.63, 3.8) is 0 Å². The molecule has 0 bridgehead atoms. The molecule has 0 radical (unpaired) electrons. The van der Waals surface area contributed by atoms with Crippen molar-refractivity contribution in [1.82, 2.24) is 0 Å². The number of hydrogen-bond acceptors (Lipinski definition) is 2. The second-order valence-electron chi connectivity index (χ2n) is 5.08.